The van der Waals surface area contributed by atoms with Gasteiger partial charge in [-0.15, -0.1) is 0 Å². The minimum atomic E-state index is 0.371. The lowest BCUT2D eigenvalue weighted by molar-refractivity contribution is 0.221. The molecule has 2 heterocycles. The van der Waals surface area contributed by atoms with Crippen LogP contribution in [-0.4, -0.2) is 48.2 Å². The third-order valence-corrected chi connectivity index (χ3v) is 3.78. The SMILES string of the molecule is COc1nc(OCCC2CCCN2C)ncc1Br. The van der Waals surface area contributed by atoms with Gasteiger partial charge in [0.25, 0.3) is 0 Å². The lowest BCUT2D eigenvalue weighted by atomic mass is 10.2. The zero-order valence-corrected chi connectivity index (χ0v) is 12.3. The molecule has 1 aliphatic rings. The predicted octanol–water partition coefficient (Wildman–Crippen LogP) is 2.11. The molecule has 1 aromatic heterocycles. The molecule has 1 unspecified atom stereocenters. The van der Waals surface area contributed by atoms with Crippen LogP contribution in [0, 0.1) is 0 Å². The Hall–Kier alpha value is -0.880. The van der Waals surface area contributed by atoms with E-state index in [1.807, 2.05) is 0 Å². The monoisotopic (exact) mass is 315 g/mol. The van der Waals surface area contributed by atoms with E-state index in [2.05, 4.69) is 37.8 Å². The molecule has 100 valence electrons. The Kier molecular flexibility index (Phi) is 4.77. The number of rotatable bonds is 5. The Bertz CT molecular complexity index is 403. The fourth-order valence-corrected chi connectivity index (χ4v) is 2.53. The normalized spacial score (nSPS) is 20.1. The fourth-order valence-electron chi connectivity index (χ4n) is 2.18. The summed E-state index contributed by atoms with van der Waals surface area (Å²) < 4.78 is 11.4. The molecular weight excluding hydrogens is 298 g/mol. The lowest BCUT2D eigenvalue weighted by Crippen LogP contribution is -2.26. The molecule has 1 saturated heterocycles. The van der Waals surface area contributed by atoms with Crippen molar-refractivity contribution in [1.29, 1.82) is 0 Å². The first-order valence-corrected chi connectivity index (χ1v) is 6.89. The van der Waals surface area contributed by atoms with E-state index >= 15 is 0 Å². The minimum Gasteiger partial charge on any atom is -0.480 e. The van der Waals surface area contributed by atoms with Crippen molar-refractivity contribution >= 4 is 15.9 Å². The van der Waals surface area contributed by atoms with Gasteiger partial charge in [0.2, 0.25) is 5.88 Å². The Labute approximate surface area is 116 Å². The molecule has 0 bridgehead atoms. The highest BCUT2D eigenvalue weighted by atomic mass is 79.9. The van der Waals surface area contributed by atoms with E-state index in [0.717, 1.165) is 10.9 Å². The molecule has 0 amide bonds. The van der Waals surface area contributed by atoms with Crippen molar-refractivity contribution in [3.63, 3.8) is 0 Å². The molecule has 1 aliphatic heterocycles. The molecule has 1 atom stereocenters. The number of hydrogen-bond donors (Lipinski definition) is 0. The summed E-state index contributed by atoms with van der Waals surface area (Å²) in [6.07, 6.45) is 5.19. The second-order valence-electron chi connectivity index (χ2n) is 4.42. The Morgan fingerprint density at radius 1 is 1.56 bits per heavy atom. The Balaban J connectivity index is 1.83. The van der Waals surface area contributed by atoms with E-state index in [4.69, 9.17) is 9.47 Å². The van der Waals surface area contributed by atoms with Gasteiger partial charge in [-0.25, -0.2) is 4.98 Å². The first-order chi connectivity index (χ1) is 8.70. The van der Waals surface area contributed by atoms with Gasteiger partial charge in [-0.3, -0.25) is 0 Å². The minimum absolute atomic E-state index is 0.371. The van der Waals surface area contributed by atoms with Gasteiger partial charge >= 0.3 is 6.01 Å². The van der Waals surface area contributed by atoms with Crippen LogP contribution in [0.5, 0.6) is 11.9 Å². The maximum atomic E-state index is 5.56. The van der Waals surface area contributed by atoms with Crippen LogP contribution in [0.4, 0.5) is 0 Å². The van der Waals surface area contributed by atoms with Crippen molar-refractivity contribution in [3.05, 3.63) is 10.7 Å². The average molecular weight is 316 g/mol. The summed E-state index contributed by atoms with van der Waals surface area (Å²) in [5.41, 5.74) is 0. The van der Waals surface area contributed by atoms with Crippen LogP contribution < -0.4 is 9.47 Å². The van der Waals surface area contributed by atoms with Gasteiger partial charge in [-0.2, -0.15) is 4.98 Å². The van der Waals surface area contributed by atoms with E-state index in [-0.39, 0.29) is 0 Å². The van der Waals surface area contributed by atoms with Crippen LogP contribution in [0.2, 0.25) is 0 Å². The number of aromatic nitrogens is 2. The van der Waals surface area contributed by atoms with E-state index in [0.29, 0.717) is 24.5 Å². The molecule has 0 aromatic carbocycles. The van der Waals surface area contributed by atoms with Crippen LogP contribution in [0.1, 0.15) is 19.3 Å². The zero-order valence-electron chi connectivity index (χ0n) is 10.7. The average Bonchev–Trinajstić information content (AvgIpc) is 2.77. The van der Waals surface area contributed by atoms with Crippen molar-refractivity contribution in [2.24, 2.45) is 0 Å². The van der Waals surface area contributed by atoms with Crippen molar-refractivity contribution in [3.8, 4) is 11.9 Å². The summed E-state index contributed by atoms with van der Waals surface area (Å²) in [5.74, 6) is 0.498. The van der Waals surface area contributed by atoms with Crippen molar-refractivity contribution in [2.75, 3.05) is 27.3 Å². The van der Waals surface area contributed by atoms with Gasteiger partial charge < -0.3 is 14.4 Å². The van der Waals surface area contributed by atoms with Gasteiger partial charge in [-0.05, 0) is 48.8 Å². The van der Waals surface area contributed by atoms with Gasteiger partial charge in [0.1, 0.15) is 0 Å². The number of methoxy groups -OCH3 is 1. The Morgan fingerprint density at radius 2 is 2.39 bits per heavy atom. The van der Waals surface area contributed by atoms with Crippen LogP contribution in [-0.2, 0) is 0 Å². The highest BCUT2D eigenvalue weighted by molar-refractivity contribution is 9.10. The van der Waals surface area contributed by atoms with Gasteiger partial charge in [0.05, 0.1) is 24.4 Å². The predicted molar refractivity (Wildman–Crippen MR) is 72.0 cm³/mol. The molecule has 0 spiro atoms. The molecule has 18 heavy (non-hydrogen) atoms. The van der Waals surface area contributed by atoms with E-state index < -0.39 is 0 Å². The third-order valence-electron chi connectivity index (χ3n) is 3.24. The zero-order chi connectivity index (χ0) is 13.0. The van der Waals surface area contributed by atoms with Crippen molar-refractivity contribution in [1.82, 2.24) is 14.9 Å². The van der Waals surface area contributed by atoms with Gasteiger partial charge in [0, 0.05) is 6.04 Å². The standard InChI is InChI=1S/C12H18BrN3O2/c1-16-6-3-4-9(16)5-7-18-12-14-8-10(13)11(15-12)17-2/h8-9H,3-7H2,1-2H3. The summed E-state index contributed by atoms with van der Waals surface area (Å²) in [4.78, 5) is 10.6. The quantitative estimate of drug-likeness (QED) is 0.833. The summed E-state index contributed by atoms with van der Waals surface area (Å²) >= 11 is 3.31. The second kappa shape index (κ2) is 6.33. The molecule has 0 radical (unpaired) electrons. The molecule has 0 aliphatic carbocycles. The van der Waals surface area contributed by atoms with E-state index in [1.165, 1.54) is 19.4 Å². The third kappa shape index (κ3) is 3.32. The number of likely N-dealkylation sites (tertiary alicyclic amines) is 1. The first-order valence-electron chi connectivity index (χ1n) is 6.10. The van der Waals surface area contributed by atoms with Crippen LogP contribution >= 0.6 is 15.9 Å². The summed E-state index contributed by atoms with van der Waals surface area (Å²) in [6, 6.07) is 0.998. The smallest absolute Gasteiger partial charge is 0.319 e. The largest absolute Gasteiger partial charge is 0.480 e. The fraction of sp³-hybridized carbons (Fsp3) is 0.667. The number of halogens is 1. The lowest BCUT2D eigenvalue weighted by Gasteiger charge is -2.18. The summed E-state index contributed by atoms with van der Waals surface area (Å²) in [7, 11) is 3.74. The molecular formula is C12H18BrN3O2. The van der Waals surface area contributed by atoms with Crippen LogP contribution in [0.3, 0.4) is 0 Å². The van der Waals surface area contributed by atoms with Crippen molar-refractivity contribution < 1.29 is 9.47 Å². The van der Waals surface area contributed by atoms with E-state index in [1.54, 1.807) is 13.3 Å². The molecule has 0 saturated carbocycles. The van der Waals surface area contributed by atoms with Crippen LogP contribution in [0.25, 0.3) is 0 Å². The Morgan fingerprint density at radius 3 is 3.06 bits per heavy atom. The van der Waals surface area contributed by atoms with Crippen LogP contribution in [0.15, 0.2) is 10.7 Å². The number of ether oxygens (including phenoxy) is 2. The maximum absolute atomic E-state index is 5.56. The van der Waals surface area contributed by atoms with Crippen molar-refractivity contribution in [2.45, 2.75) is 25.3 Å². The molecule has 1 aromatic rings. The highest BCUT2D eigenvalue weighted by Crippen LogP contribution is 2.23. The maximum Gasteiger partial charge on any atom is 0.319 e. The molecule has 5 nitrogen and oxygen atoms in total. The summed E-state index contributed by atoms with van der Waals surface area (Å²) in [6.45, 7) is 1.83. The molecule has 0 N–H and O–H groups in total. The topological polar surface area (TPSA) is 47.5 Å². The van der Waals surface area contributed by atoms with E-state index in [9.17, 15) is 0 Å². The molecule has 2 rings (SSSR count). The highest BCUT2D eigenvalue weighted by Gasteiger charge is 2.20. The number of nitrogens with zero attached hydrogens (tertiary/aromatic N) is 3. The molecule has 6 heteroatoms. The first kappa shape index (κ1) is 13.5. The van der Waals surface area contributed by atoms with Gasteiger partial charge in [-0.1, -0.05) is 0 Å². The molecule has 1 fully saturated rings. The summed E-state index contributed by atoms with van der Waals surface area (Å²) in [5, 5.41) is 0. The second-order valence-corrected chi connectivity index (χ2v) is 5.28. The number of hydrogen-bond acceptors (Lipinski definition) is 5. The van der Waals surface area contributed by atoms with Gasteiger partial charge in [0.15, 0.2) is 0 Å².